The summed E-state index contributed by atoms with van der Waals surface area (Å²) < 4.78 is -0.153. The molecular weight excluding hydrogens is 292 g/mol. The van der Waals surface area contributed by atoms with Crippen LogP contribution in [-0.4, -0.2) is 43.5 Å². The van der Waals surface area contributed by atoms with Crippen molar-refractivity contribution in [1.82, 2.24) is 23.4 Å². The molecule has 0 heterocycles. The maximum absolute atomic E-state index is 10.9. The summed E-state index contributed by atoms with van der Waals surface area (Å²) in [7, 11) is 0. The number of hydrogen-bond acceptors (Lipinski definition) is 6. The van der Waals surface area contributed by atoms with Crippen LogP contribution in [0.15, 0.2) is 25.3 Å². The van der Waals surface area contributed by atoms with Crippen molar-refractivity contribution >= 4 is 41.1 Å². The second-order valence-corrected chi connectivity index (χ2v) is 3.84. The molecule has 0 saturated heterocycles. The third-order valence-corrected chi connectivity index (χ3v) is 2.21. The van der Waals surface area contributed by atoms with E-state index in [2.05, 4.69) is 25.8 Å². The van der Waals surface area contributed by atoms with Gasteiger partial charge >= 0.3 is 11.9 Å². The molecule has 0 spiro atoms. The number of carbonyl (C=O) groups is 2. The van der Waals surface area contributed by atoms with Gasteiger partial charge < -0.3 is 33.6 Å². The Labute approximate surface area is 122 Å². The quantitative estimate of drug-likeness (QED) is 0.239. The van der Waals surface area contributed by atoms with Crippen LogP contribution in [0.1, 0.15) is 0 Å². The molecule has 0 aromatic rings. The number of aliphatic carboxylic acids is 2. The summed E-state index contributed by atoms with van der Waals surface area (Å²) in [6.45, 7) is 6.64. The van der Waals surface area contributed by atoms with E-state index in [1.54, 1.807) is 0 Å². The molecule has 2 atom stereocenters. The van der Waals surface area contributed by atoms with Gasteiger partial charge in [-0.25, -0.2) is 9.59 Å². The van der Waals surface area contributed by atoms with Crippen molar-refractivity contribution in [2.24, 2.45) is 0 Å². The molecule has 8 nitrogen and oxygen atoms in total. The standard InChI is InChI=1S/C9H11NO4S2.3H3N/c1-3-5(7(11)12)10(9(15)16)6(4-2)8(13)14;;;/h3-6H,1-2H2,(H,11,12)(H,13,14)(H,15,16);3*1H3. The fourth-order valence-corrected chi connectivity index (χ4v) is 1.55. The first-order chi connectivity index (χ1) is 7.36. The van der Waals surface area contributed by atoms with E-state index in [0.717, 1.165) is 17.1 Å². The number of thiol groups is 1. The van der Waals surface area contributed by atoms with Crippen LogP contribution in [0.5, 0.6) is 0 Å². The third-order valence-electron chi connectivity index (χ3n) is 1.77. The highest BCUT2D eigenvalue weighted by atomic mass is 32.1. The lowest BCUT2D eigenvalue weighted by Gasteiger charge is -2.30. The summed E-state index contributed by atoms with van der Waals surface area (Å²) in [5.74, 6) is -2.53. The lowest BCUT2D eigenvalue weighted by molar-refractivity contribution is -0.144. The molecule has 0 saturated carbocycles. The minimum absolute atomic E-state index is 0. The number of hydrogen-bond donors (Lipinski definition) is 6. The van der Waals surface area contributed by atoms with Crippen LogP contribution in [-0.2, 0) is 9.59 Å². The topological polar surface area (TPSA) is 183 Å². The molecule has 11 N–H and O–H groups in total. The summed E-state index contributed by atoms with van der Waals surface area (Å²) in [5.41, 5.74) is 0. The Kier molecular flexibility index (Phi) is 16.0. The van der Waals surface area contributed by atoms with Crippen LogP contribution in [0.2, 0.25) is 0 Å². The van der Waals surface area contributed by atoms with Crippen molar-refractivity contribution in [3.63, 3.8) is 0 Å². The Bertz CT molecular complexity index is 325. The number of thiocarbonyl (C=S) groups is 1. The van der Waals surface area contributed by atoms with Crippen molar-refractivity contribution in [2.75, 3.05) is 0 Å². The first kappa shape index (κ1) is 26.2. The predicted molar refractivity (Wildman–Crippen MR) is 81.7 cm³/mol. The fraction of sp³-hybridized carbons (Fsp3) is 0.222. The molecule has 0 amide bonds. The summed E-state index contributed by atoms with van der Waals surface area (Å²) in [4.78, 5) is 22.7. The molecule has 0 fully saturated rings. The molecule has 0 aromatic carbocycles. The Morgan fingerprint density at radius 2 is 1.32 bits per heavy atom. The number of carboxylic acid groups (broad SMARTS) is 2. The lowest BCUT2D eigenvalue weighted by atomic mass is 10.2. The van der Waals surface area contributed by atoms with Gasteiger partial charge in [-0.1, -0.05) is 24.4 Å². The zero-order chi connectivity index (χ0) is 12.9. The Morgan fingerprint density at radius 1 is 1.05 bits per heavy atom. The van der Waals surface area contributed by atoms with E-state index in [0.29, 0.717) is 0 Å². The summed E-state index contributed by atoms with van der Waals surface area (Å²) in [6.07, 6.45) is 2.15. The maximum atomic E-state index is 10.9. The summed E-state index contributed by atoms with van der Waals surface area (Å²) in [5, 5.41) is 17.8. The molecule has 0 rings (SSSR count). The van der Waals surface area contributed by atoms with Crippen LogP contribution in [0.3, 0.4) is 0 Å². The molecule has 0 aliphatic rings. The van der Waals surface area contributed by atoms with Gasteiger partial charge in [-0.15, -0.1) is 25.8 Å². The van der Waals surface area contributed by atoms with E-state index < -0.39 is 24.0 Å². The Balaban J connectivity index is -0.000000375. The number of nitrogens with zero attached hydrogens (tertiary/aromatic N) is 1. The number of rotatable bonds is 6. The summed E-state index contributed by atoms with van der Waals surface area (Å²) >= 11 is 8.51. The molecule has 0 aliphatic carbocycles. The average Bonchev–Trinajstić information content (AvgIpc) is 2.16. The van der Waals surface area contributed by atoms with Crippen molar-refractivity contribution in [3.05, 3.63) is 25.3 Å². The van der Waals surface area contributed by atoms with Gasteiger partial charge in [-0.3, -0.25) is 0 Å². The van der Waals surface area contributed by atoms with E-state index in [1.165, 1.54) is 0 Å². The van der Waals surface area contributed by atoms with Gasteiger partial charge in [0, 0.05) is 0 Å². The van der Waals surface area contributed by atoms with Gasteiger partial charge in [0.25, 0.3) is 0 Å². The largest absolute Gasteiger partial charge is 0.479 e. The third kappa shape index (κ3) is 6.88. The first-order valence-corrected chi connectivity index (χ1v) is 4.94. The molecule has 0 radical (unpaired) electrons. The molecule has 0 bridgehead atoms. The Hall–Kier alpha value is -1.46. The van der Waals surface area contributed by atoms with Gasteiger partial charge in [-0.2, -0.15) is 0 Å². The van der Waals surface area contributed by atoms with Crippen LogP contribution in [0.25, 0.3) is 0 Å². The van der Waals surface area contributed by atoms with Gasteiger partial charge in [-0.05, 0) is 0 Å². The zero-order valence-electron chi connectivity index (χ0n) is 10.4. The normalized spacial score (nSPS) is 11.2. The predicted octanol–water partition coefficient (Wildman–Crippen LogP) is 1.27. The molecule has 10 heteroatoms. The summed E-state index contributed by atoms with van der Waals surface area (Å²) in [6, 6.07) is -2.52. The first-order valence-electron chi connectivity index (χ1n) is 4.08. The highest BCUT2D eigenvalue weighted by Gasteiger charge is 2.32. The van der Waals surface area contributed by atoms with Crippen LogP contribution in [0, 0.1) is 0 Å². The second-order valence-electron chi connectivity index (χ2n) is 2.73. The fourth-order valence-electron chi connectivity index (χ4n) is 1.08. The van der Waals surface area contributed by atoms with Crippen molar-refractivity contribution in [2.45, 2.75) is 12.1 Å². The van der Waals surface area contributed by atoms with Crippen molar-refractivity contribution in [3.8, 4) is 0 Å². The smallest absolute Gasteiger partial charge is 0.330 e. The van der Waals surface area contributed by atoms with E-state index in [4.69, 9.17) is 22.4 Å². The number of carboxylic acids is 2. The van der Waals surface area contributed by atoms with E-state index in [9.17, 15) is 9.59 Å². The SMILES string of the molecule is C=CC(C(=O)O)N(C(=S)S)C(C=C)C(=O)O.N.N.N. The minimum atomic E-state index is -1.26. The van der Waals surface area contributed by atoms with Crippen LogP contribution >= 0.6 is 24.8 Å². The van der Waals surface area contributed by atoms with Gasteiger partial charge in [0.05, 0.1) is 0 Å². The van der Waals surface area contributed by atoms with E-state index in [-0.39, 0.29) is 22.8 Å². The highest BCUT2D eigenvalue weighted by Crippen LogP contribution is 2.13. The van der Waals surface area contributed by atoms with E-state index in [1.807, 2.05) is 0 Å². The average molecular weight is 312 g/mol. The van der Waals surface area contributed by atoms with Gasteiger partial charge in [0.2, 0.25) is 0 Å². The minimum Gasteiger partial charge on any atom is -0.479 e. The van der Waals surface area contributed by atoms with Gasteiger partial charge in [0.15, 0.2) is 0 Å². The monoisotopic (exact) mass is 312 g/mol. The van der Waals surface area contributed by atoms with Crippen molar-refractivity contribution < 1.29 is 19.8 Å². The molecule has 112 valence electrons. The van der Waals surface area contributed by atoms with Crippen molar-refractivity contribution in [1.29, 1.82) is 0 Å². The van der Waals surface area contributed by atoms with E-state index >= 15 is 0 Å². The highest BCUT2D eigenvalue weighted by molar-refractivity contribution is 8.10. The van der Waals surface area contributed by atoms with Crippen LogP contribution in [0.4, 0.5) is 0 Å². The maximum Gasteiger partial charge on any atom is 0.330 e. The van der Waals surface area contributed by atoms with Crippen LogP contribution < -0.4 is 18.5 Å². The molecule has 0 aliphatic heterocycles. The molecule has 19 heavy (non-hydrogen) atoms. The zero-order valence-corrected chi connectivity index (χ0v) is 12.1. The molecular formula is C9H20N4O4S2. The second kappa shape index (κ2) is 11.6. The molecule has 2 unspecified atom stereocenters. The lowest BCUT2D eigenvalue weighted by Crippen LogP contribution is -2.50. The molecule has 0 aromatic heterocycles. The Morgan fingerprint density at radius 3 is 1.42 bits per heavy atom. The van der Waals surface area contributed by atoms with Gasteiger partial charge in [0.1, 0.15) is 16.4 Å².